The molecule has 0 spiro atoms. The molecule has 1 heterocycles. The molecule has 4 heteroatoms. The molecule has 0 radical (unpaired) electrons. The van der Waals surface area contributed by atoms with E-state index in [-0.39, 0.29) is 5.90 Å². The minimum absolute atomic E-state index is 0.0162. The Morgan fingerprint density at radius 1 is 1.89 bits per heavy atom. The van der Waals surface area contributed by atoms with Crippen molar-refractivity contribution in [3.05, 3.63) is 12.3 Å². The Morgan fingerprint density at radius 2 is 2.67 bits per heavy atom. The Morgan fingerprint density at radius 3 is 3.00 bits per heavy atom. The van der Waals surface area contributed by atoms with Gasteiger partial charge in [0.1, 0.15) is 6.61 Å². The van der Waals surface area contributed by atoms with Crippen molar-refractivity contribution in [2.75, 3.05) is 6.61 Å². The van der Waals surface area contributed by atoms with Gasteiger partial charge >= 0.3 is 5.91 Å². The molecule has 0 aliphatic carbocycles. The van der Waals surface area contributed by atoms with E-state index in [9.17, 15) is 4.79 Å². The SMILES string of the molecule is NC(=O)C1=NC=CCO1. The maximum atomic E-state index is 10.3. The van der Waals surface area contributed by atoms with Crippen molar-refractivity contribution in [3.63, 3.8) is 0 Å². The van der Waals surface area contributed by atoms with Crippen LogP contribution in [0.4, 0.5) is 0 Å². The van der Waals surface area contributed by atoms with Crippen molar-refractivity contribution in [2.45, 2.75) is 0 Å². The Bertz CT molecular complexity index is 183. The molecule has 0 aromatic heterocycles. The Kier molecular flexibility index (Phi) is 1.48. The lowest BCUT2D eigenvalue weighted by atomic mass is 10.5. The van der Waals surface area contributed by atoms with Gasteiger partial charge in [-0.3, -0.25) is 4.79 Å². The van der Waals surface area contributed by atoms with E-state index in [1.54, 1.807) is 6.08 Å². The van der Waals surface area contributed by atoms with Crippen LogP contribution in [0.25, 0.3) is 0 Å². The van der Waals surface area contributed by atoms with E-state index in [2.05, 4.69) is 4.99 Å². The fraction of sp³-hybridized carbons (Fsp3) is 0.200. The second-order valence-electron chi connectivity index (χ2n) is 1.49. The van der Waals surface area contributed by atoms with Gasteiger partial charge in [-0.2, -0.15) is 0 Å². The third-order valence-corrected chi connectivity index (χ3v) is 0.824. The van der Waals surface area contributed by atoms with E-state index in [0.717, 1.165) is 0 Å². The van der Waals surface area contributed by atoms with E-state index >= 15 is 0 Å². The van der Waals surface area contributed by atoms with Crippen LogP contribution in [0, 0.1) is 0 Å². The van der Waals surface area contributed by atoms with Gasteiger partial charge in [0.2, 0.25) is 0 Å². The number of amides is 1. The van der Waals surface area contributed by atoms with Crippen molar-refractivity contribution in [1.82, 2.24) is 0 Å². The van der Waals surface area contributed by atoms with Crippen LogP contribution in [-0.4, -0.2) is 18.4 Å². The summed E-state index contributed by atoms with van der Waals surface area (Å²) in [5.41, 5.74) is 4.84. The van der Waals surface area contributed by atoms with Crippen molar-refractivity contribution >= 4 is 11.8 Å². The molecule has 2 N–H and O–H groups in total. The topological polar surface area (TPSA) is 64.7 Å². The highest BCUT2D eigenvalue weighted by Gasteiger charge is 2.07. The molecule has 0 aromatic rings. The maximum absolute atomic E-state index is 10.3. The lowest BCUT2D eigenvalue weighted by Gasteiger charge is -2.04. The molecule has 0 bridgehead atoms. The van der Waals surface area contributed by atoms with Gasteiger partial charge in [-0.05, 0) is 6.08 Å². The molecule has 1 aliphatic heterocycles. The molecule has 0 unspecified atom stereocenters. The summed E-state index contributed by atoms with van der Waals surface area (Å²) in [6.45, 7) is 0.377. The smallest absolute Gasteiger partial charge is 0.304 e. The zero-order valence-corrected chi connectivity index (χ0v) is 4.70. The van der Waals surface area contributed by atoms with Crippen LogP contribution in [0.2, 0.25) is 0 Å². The first kappa shape index (κ1) is 5.81. The highest BCUT2D eigenvalue weighted by Crippen LogP contribution is 1.91. The van der Waals surface area contributed by atoms with Crippen LogP contribution in [0.5, 0.6) is 0 Å². The number of hydrogen-bond acceptors (Lipinski definition) is 3. The first-order chi connectivity index (χ1) is 4.30. The number of carbonyl (C=O) groups excluding carboxylic acids is 1. The molecule has 1 aliphatic rings. The number of nitrogens with zero attached hydrogens (tertiary/aromatic N) is 1. The van der Waals surface area contributed by atoms with Crippen molar-refractivity contribution in [2.24, 2.45) is 10.7 Å². The van der Waals surface area contributed by atoms with Crippen LogP contribution in [0.1, 0.15) is 0 Å². The second kappa shape index (κ2) is 2.30. The molecule has 9 heavy (non-hydrogen) atoms. The number of hydrogen-bond donors (Lipinski definition) is 1. The Labute approximate surface area is 52.0 Å². The second-order valence-corrected chi connectivity index (χ2v) is 1.49. The number of ether oxygens (including phenoxy) is 1. The molecule has 1 amide bonds. The fourth-order valence-corrected chi connectivity index (χ4v) is 0.462. The summed E-state index contributed by atoms with van der Waals surface area (Å²) >= 11 is 0. The minimum Gasteiger partial charge on any atom is -0.469 e. The van der Waals surface area contributed by atoms with Gasteiger partial charge in [0.25, 0.3) is 5.90 Å². The fourth-order valence-electron chi connectivity index (χ4n) is 0.462. The van der Waals surface area contributed by atoms with E-state index in [4.69, 9.17) is 10.5 Å². The number of nitrogens with two attached hydrogens (primary N) is 1. The number of rotatable bonds is 1. The van der Waals surface area contributed by atoms with Crippen LogP contribution >= 0.6 is 0 Å². The average molecular weight is 126 g/mol. The summed E-state index contributed by atoms with van der Waals surface area (Å²) in [5.74, 6) is -0.642. The normalized spacial score (nSPS) is 16.2. The molecule has 0 fully saturated rings. The molecule has 1 rings (SSSR count). The van der Waals surface area contributed by atoms with Crippen LogP contribution in [-0.2, 0) is 9.53 Å². The highest BCUT2D eigenvalue weighted by molar-refractivity contribution is 6.34. The number of aliphatic imine (C=N–C) groups is 1. The van der Waals surface area contributed by atoms with Gasteiger partial charge in [-0.1, -0.05) is 0 Å². The Hall–Kier alpha value is -1.32. The number of primary amides is 1. The zero-order chi connectivity index (χ0) is 6.69. The third kappa shape index (κ3) is 1.28. The zero-order valence-electron chi connectivity index (χ0n) is 4.70. The summed E-state index contributed by atoms with van der Waals surface area (Å²) < 4.78 is 4.73. The molecule has 0 saturated heterocycles. The molecular formula is C5H6N2O2. The molecule has 0 saturated carbocycles. The summed E-state index contributed by atoms with van der Waals surface area (Å²) in [6.07, 6.45) is 3.18. The predicted octanol–water partition coefficient (Wildman–Crippen LogP) is -0.586. The molecule has 48 valence electrons. The molecule has 0 aromatic carbocycles. The van der Waals surface area contributed by atoms with Crippen molar-refractivity contribution < 1.29 is 9.53 Å². The van der Waals surface area contributed by atoms with Crippen LogP contribution < -0.4 is 5.73 Å². The minimum atomic E-state index is -0.626. The van der Waals surface area contributed by atoms with Gasteiger partial charge in [-0.25, -0.2) is 4.99 Å². The predicted molar refractivity (Wildman–Crippen MR) is 31.7 cm³/mol. The van der Waals surface area contributed by atoms with Crippen molar-refractivity contribution in [3.8, 4) is 0 Å². The summed E-state index contributed by atoms with van der Waals surface area (Å²) in [7, 11) is 0. The maximum Gasteiger partial charge on any atom is 0.304 e. The van der Waals surface area contributed by atoms with E-state index < -0.39 is 5.91 Å². The van der Waals surface area contributed by atoms with E-state index in [0.29, 0.717) is 6.61 Å². The lowest BCUT2D eigenvalue weighted by Crippen LogP contribution is -2.26. The molecular weight excluding hydrogens is 120 g/mol. The van der Waals surface area contributed by atoms with Gasteiger partial charge in [0.05, 0.1) is 0 Å². The van der Waals surface area contributed by atoms with Gasteiger partial charge in [0, 0.05) is 6.20 Å². The van der Waals surface area contributed by atoms with Gasteiger partial charge in [0.15, 0.2) is 0 Å². The van der Waals surface area contributed by atoms with Crippen molar-refractivity contribution in [1.29, 1.82) is 0 Å². The summed E-state index contributed by atoms with van der Waals surface area (Å²) in [4.78, 5) is 13.9. The van der Waals surface area contributed by atoms with Gasteiger partial charge < -0.3 is 10.5 Å². The van der Waals surface area contributed by atoms with E-state index in [1.807, 2.05) is 0 Å². The highest BCUT2D eigenvalue weighted by atomic mass is 16.5. The molecule has 4 nitrogen and oxygen atoms in total. The lowest BCUT2D eigenvalue weighted by molar-refractivity contribution is -0.113. The summed E-state index contributed by atoms with van der Waals surface area (Å²) in [6, 6.07) is 0. The Balaban J connectivity index is 2.68. The standard InChI is InChI=1S/C5H6N2O2/c6-4(8)5-7-2-1-3-9-5/h1-2H,3H2,(H2,6,8). The average Bonchev–Trinajstić information content (AvgIpc) is 1.90. The largest absolute Gasteiger partial charge is 0.469 e. The summed E-state index contributed by atoms with van der Waals surface area (Å²) in [5, 5.41) is 0. The van der Waals surface area contributed by atoms with Gasteiger partial charge in [-0.15, -0.1) is 0 Å². The molecule has 0 atom stereocenters. The van der Waals surface area contributed by atoms with E-state index in [1.165, 1.54) is 6.20 Å². The van der Waals surface area contributed by atoms with Crippen LogP contribution in [0.15, 0.2) is 17.3 Å². The van der Waals surface area contributed by atoms with Crippen LogP contribution in [0.3, 0.4) is 0 Å². The quantitative estimate of drug-likeness (QED) is 0.510. The number of carbonyl (C=O) groups is 1. The third-order valence-electron chi connectivity index (χ3n) is 0.824. The first-order valence-corrected chi connectivity index (χ1v) is 2.46. The monoisotopic (exact) mass is 126 g/mol. The first-order valence-electron chi connectivity index (χ1n) is 2.46.